The number of amides is 2. The molecular formula is C12H20N4O. The second-order valence-corrected chi connectivity index (χ2v) is 4.01. The lowest BCUT2D eigenvalue weighted by molar-refractivity contribution is 0.168. The van der Waals surface area contributed by atoms with Crippen LogP contribution >= 0.6 is 0 Å². The van der Waals surface area contributed by atoms with Gasteiger partial charge < -0.3 is 4.90 Å². The molecule has 0 saturated carbocycles. The van der Waals surface area contributed by atoms with Crippen molar-refractivity contribution in [2.75, 3.05) is 13.1 Å². The van der Waals surface area contributed by atoms with Crippen molar-refractivity contribution in [3.05, 3.63) is 12.2 Å². The summed E-state index contributed by atoms with van der Waals surface area (Å²) >= 11 is 0. The van der Waals surface area contributed by atoms with Crippen LogP contribution in [0.15, 0.2) is 22.2 Å². The average Bonchev–Trinajstić information content (AvgIpc) is 2.23. The summed E-state index contributed by atoms with van der Waals surface area (Å²) in [6, 6.07) is -0.150. The number of likely N-dealkylation sites (tertiary alicyclic amines) is 1. The Morgan fingerprint density at radius 2 is 2.18 bits per heavy atom. The Morgan fingerprint density at radius 1 is 1.47 bits per heavy atom. The minimum atomic E-state index is -0.125. The van der Waals surface area contributed by atoms with Crippen molar-refractivity contribution < 1.29 is 4.79 Å². The number of hydrogen-bond acceptors (Lipinski definition) is 3. The van der Waals surface area contributed by atoms with Crippen LogP contribution in [0.4, 0.5) is 4.79 Å². The number of carbonyl (C=O) groups is 1. The van der Waals surface area contributed by atoms with E-state index in [0.29, 0.717) is 0 Å². The molecule has 0 aromatic rings. The third-order valence-electron chi connectivity index (χ3n) is 2.66. The van der Waals surface area contributed by atoms with E-state index in [9.17, 15) is 4.79 Å². The first-order valence-corrected chi connectivity index (χ1v) is 5.88. The highest BCUT2D eigenvalue weighted by Gasteiger charge is 2.19. The SMILES string of the molecule is C/C=C\C=NC(C)/C(C)=N/NC(=O)N1CCC1. The first-order valence-electron chi connectivity index (χ1n) is 5.88. The van der Waals surface area contributed by atoms with Gasteiger partial charge in [0.15, 0.2) is 0 Å². The third kappa shape index (κ3) is 4.38. The van der Waals surface area contributed by atoms with Crippen molar-refractivity contribution in [2.45, 2.75) is 33.2 Å². The molecule has 1 fully saturated rings. The minimum Gasteiger partial charge on any atom is -0.323 e. The molecule has 0 spiro atoms. The Kier molecular flexibility index (Phi) is 5.39. The summed E-state index contributed by atoms with van der Waals surface area (Å²) in [5.41, 5.74) is 3.33. The monoisotopic (exact) mass is 236 g/mol. The second kappa shape index (κ2) is 6.83. The van der Waals surface area contributed by atoms with E-state index in [-0.39, 0.29) is 12.1 Å². The highest BCUT2D eigenvalue weighted by Crippen LogP contribution is 2.05. The van der Waals surface area contributed by atoms with Gasteiger partial charge in [-0.1, -0.05) is 6.08 Å². The maximum absolute atomic E-state index is 11.5. The Labute approximate surface area is 102 Å². The molecule has 94 valence electrons. The molecule has 0 bridgehead atoms. The van der Waals surface area contributed by atoms with Gasteiger partial charge in [0, 0.05) is 19.3 Å². The van der Waals surface area contributed by atoms with E-state index < -0.39 is 0 Å². The summed E-state index contributed by atoms with van der Waals surface area (Å²) in [4.78, 5) is 17.5. The molecule has 1 aliphatic rings. The van der Waals surface area contributed by atoms with Crippen molar-refractivity contribution in [3.8, 4) is 0 Å². The van der Waals surface area contributed by atoms with Gasteiger partial charge in [-0.3, -0.25) is 4.99 Å². The summed E-state index contributed by atoms with van der Waals surface area (Å²) in [6.45, 7) is 7.39. The molecule has 0 aromatic heterocycles. The van der Waals surface area contributed by atoms with Crippen molar-refractivity contribution in [1.29, 1.82) is 0 Å². The van der Waals surface area contributed by atoms with E-state index in [4.69, 9.17) is 0 Å². The van der Waals surface area contributed by atoms with Gasteiger partial charge in [-0.25, -0.2) is 10.2 Å². The molecule has 0 radical (unpaired) electrons. The fourth-order valence-electron chi connectivity index (χ4n) is 1.19. The van der Waals surface area contributed by atoms with Crippen LogP contribution in [-0.2, 0) is 0 Å². The van der Waals surface area contributed by atoms with Crippen molar-refractivity contribution in [1.82, 2.24) is 10.3 Å². The van der Waals surface area contributed by atoms with E-state index in [0.717, 1.165) is 25.2 Å². The maximum atomic E-state index is 11.5. The smallest absolute Gasteiger partial charge is 0.323 e. The van der Waals surface area contributed by atoms with Crippen LogP contribution in [0, 0.1) is 0 Å². The summed E-state index contributed by atoms with van der Waals surface area (Å²) in [7, 11) is 0. The van der Waals surface area contributed by atoms with Gasteiger partial charge in [0.05, 0.1) is 11.8 Å². The molecule has 0 aromatic carbocycles. The van der Waals surface area contributed by atoms with Gasteiger partial charge in [-0.15, -0.1) is 0 Å². The number of hydrazone groups is 1. The topological polar surface area (TPSA) is 57.1 Å². The molecule has 5 nitrogen and oxygen atoms in total. The maximum Gasteiger partial charge on any atom is 0.337 e. The first kappa shape index (κ1) is 13.4. The normalized spacial score (nSPS) is 18.5. The molecular weight excluding hydrogens is 216 g/mol. The Bertz CT molecular complexity index is 342. The molecule has 2 amide bonds. The number of aliphatic imine (C=N–C) groups is 1. The summed E-state index contributed by atoms with van der Waals surface area (Å²) in [5.74, 6) is 0. The van der Waals surface area contributed by atoms with Gasteiger partial charge in [-0.2, -0.15) is 5.10 Å². The van der Waals surface area contributed by atoms with Gasteiger partial charge in [0.1, 0.15) is 0 Å². The van der Waals surface area contributed by atoms with Crippen LogP contribution < -0.4 is 5.43 Å². The molecule has 1 unspecified atom stereocenters. The summed E-state index contributed by atoms with van der Waals surface area (Å²) in [6.07, 6.45) is 6.60. The number of hydrogen-bond donors (Lipinski definition) is 1. The van der Waals surface area contributed by atoms with Crippen molar-refractivity contribution in [2.24, 2.45) is 10.1 Å². The summed E-state index contributed by atoms with van der Waals surface area (Å²) < 4.78 is 0. The van der Waals surface area contributed by atoms with Crippen molar-refractivity contribution in [3.63, 3.8) is 0 Å². The first-order chi connectivity index (χ1) is 8.15. The van der Waals surface area contributed by atoms with Gasteiger partial charge in [-0.05, 0) is 33.3 Å². The Balaban J connectivity index is 2.39. The zero-order valence-electron chi connectivity index (χ0n) is 10.7. The van der Waals surface area contributed by atoms with E-state index in [1.54, 1.807) is 11.1 Å². The van der Waals surface area contributed by atoms with E-state index in [1.165, 1.54) is 0 Å². The van der Waals surface area contributed by atoms with E-state index in [1.807, 2.05) is 32.9 Å². The van der Waals surface area contributed by atoms with Gasteiger partial charge in [0.2, 0.25) is 0 Å². The average molecular weight is 236 g/mol. The number of allylic oxidation sites excluding steroid dienone is 2. The molecule has 1 saturated heterocycles. The van der Waals surface area contributed by atoms with Crippen LogP contribution in [0.1, 0.15) is 27.2 Å². The largest absolute Gasteiger partial charge is 0.337 e. The predicted octanol–water partition coefficient (Wildman–Crippen LogP) is 1.81. The molecule has 17 heavy (non-hydrogen) atoms. The molecule has 1 aliphatic heterocycles. The van der Waals surface area contributed by atoms with E-state index >= 15 is 0 Å². The fraction of sp³-hybridized carbons (Fsp3) is 0.583. The zero-order valence-corrected chi connectivity index (χ0v) is 10.7. The van der Waals surface area contributed by atoms with Crippen LogP contribution in [0.5, 0.6) is 0 Å². The van der Waals surface area contributed by atoms with Gasteiger partial charge in [0.25, 0.3) is 0 Å². The molecule has 1 rings (SSSR count). The molecule has 1 atom stereocenters. The Hall–Kier alpha value is -1.65. The number of urea groups is 1. The standard InChI is InChI=1S/C12H20N4O/c1-4-5-7-13-10(2)11(3)14-15-12(17)16-8-6-9-16/h4-5,7,10H,6,8-9H2,1-3H3,(H,15,17)/b5-4-,13-7?,14-11+. The third-order valence-corrected chi connectivity index (χ3v) is 2.66. The number of rotatable bonds is 4. The van der Waals surface area contributed by atoms with Crippen LogP contribution in [-0.4, -0.2) is 42.0 Å². The van der Waals surface area contributed by atoms with Crippen LogP contribution in [0.3, 0.4) is 0 Å². The number of nitrogens with one attached hydrogen (secondary N) is 1. The van der Waals surface area contributed by atoms with Crippen LogP contribution in [0.2, 0.25) is 0 Å². The van der Waals surface area contributed by atoms with Crippen LogP contribution in [0.25, 0.3) is 0 Å². The number of carbonyl (C=O) groups excluding carboxylic acids is 1. The zero-order chi connectivity index (χ0) is 12.7. The molecule has 1 N–H and O–H groups in total. The Morgan fingerprint density at radius 3 is 2.71 bits per heavy atom. The second-order valence-electron chi connectivity index (χ2n) is 4.01. The summed E-state index contributed by atoms with van der Waals surface area (Å²) in [5, 5.41) is 4.04. The highest BCUT2D eigenvalue weighted by atomic mass is 16.2. The lowest BCUT2D eigenvalue weighted by Gasteiger charge is -2.29. The lowest BCUT2D eigenvalue weighted by atomic mass is 10.2. The van der Waals surface area contributed by atoms with Crippen molar-refractivity contribution >= 4 is 18.0 Å². The lowest BCUT2D eigenvalue weighted by Crippen LogP contribution is -2.46. The fourth-order valence-corrected chi connectivity index (χ4v) is 1.19. The molecule has 1 heterocycles. The number of nitrogens with zero attached hydrogens (tertiary/aromatic N) is 3. The molecule has 0 aliphatic carbocycles. The van der Waals surface area contributed by atoms with Gasteiger partial charge >= 0.3 is 6.03 Å². The predicted molar refractivity (Wildman–Crippen MR) is 70.6 cm³/mol. The quantitative estimate of drug-likeness (QED) is 0.587. The van der Waals surface area contributed by atoms with E-state index in [2.05, 4.69) is 15.5 Å². The highest BCUT2D eigenvalue weighted by molar-refractivity contribution is 5.90. The minimum absolute atomic E-state index is 0.0251. The molecule has 5 heteroatoms.